The third-order valence-corrected chi connectivity index (χ3v) is 7.43. The first-order valence-corrected chi connectivity index (χ1v) is 13.1. The van der Waals surface area contributed by atoms with Crippen molar-refractivity contribution in [2.45, 2.75) is 57.7 Å². The molecule has 0 radical (unpaired) electrons. The molecule has 7 heteroatoms. The molecule has 2 heterocycles. The van der Waals surface area contributed by atoms with Gasteiger partial charge in [-0.3, -0.25) is 9.69 Å². The van der Waals surface area contributed by atoms with Crippen LogP contribution in [0, 0.1) is 12.8 Å². The molecular weight excluding hydrogens is 450 g/mol. The average Bonchev–Trinajstić information content (AvgIpc) is 3.53. The number of nitrogens with one attached hydrogen (secondary N) is 2. The molecule has 1 saturated carbocycles. The lowest BCUT2D eigenvalue weighted by atomic mass is 9.86. The smallest absolute Gasteiger partial charge is 0.227 e. The minimum atomic E-state index is 0.0122. The maximum atomic E-state index is 13.2. The van der Waals surface area contributed by atoms with Gasteiger partial charge < -0.3 is 19.9 Å². The second-order valence-corrected chi connectivity index (χ2v) is 10.2. The Morgan fingerprint density at radius 1 is 1.08 bits per heavy atom. The highest BCUT2D eigenvalue weighted by Crippen LogP contribution is 2.29. The molecule has 1 atom stereocenters. The maximum absolute atomic E-state index is 13.2. The zero-order valence-corrected chi connectivity index (χ0v) is 21.3. The number of ether oxygens (including phenoxy) is 1. The van der Waals surface area contributed by atoms with Crippen molar-refractivity contribution >= 4 is 11.6 Å². The largest absolute Gasteiger partial charge is 0.490 e. The molecule has 2 aliphatic rings. The van der Waals surface area contributed by atoms with Crippen LogP contribution in [0.1, 0.15) is 43.4 Å². The first-order valence-electron chi connectivity index (χ1n) is 13.1. The Morgan fingerprint density at radius 2 is 1.89 bits per heavy atom. The Balaban J connectivity index is 1.25. The van der Waals surface area contributed by atoms with Gasteiger partial charge in [-0.05, 0) is 82.0 Å². The van der Waals surface area contributed by atoms with E-state index in [0.29, 0.717) is 6.04 Å². The van der Waals surface area contributed by atoms with Crippen LogP contribution in [0.4, 0.5) is 5.69 Å². The van der Waals surface area contributed by atoms with Gasteiger partial charge in [-0.1, -0.05) is 18.2 Å². The molecule has 190 valence electrons. The molecule has 2 fully saturated rings. The number of likely N-dealkylation sites (N-methyl/N-ethyl adjacent to an activating group) is 1. The van der Waals surface area contributed by atoms with Gasteiger partial charge in [0.25, 0.3) is 0 Å². The molecular formula is C29H37N5O2. The third kappa shape index (κ3) is 6.15. The van der Waals surface area contributed by atoms with Gasteiger partial charge in [-0.25, -0.2) is 4.98 Å². The van der Waals surface area contributed by atoms with Gasteiger partial charge in [0.05, 0.1) is 18.1 Å². The number of carbonyl (C=O) groups is 1. The minimum Gasteiger partial charge on any atom is -0.490 e. The van der Waals surface area contributed by atoms with Crippen molar-refractivity contribution in [2.24, 2.45) is 5.92 Å². The second kappa shape index (κ2) is 11.3. The SMILES string of the molecule is CN[C@H]1CCN(Cc2cc(NC(=O)[C@H]3CC[C@H](Oc4ccccc4)CC3)cc(-n3cnc(C)c3)c2)C1. The van der Waals surface area contributed by atoms with E-state index >= 15 is 0 Å². The molecule has 0 bridgehead atoms. The Morgan fingerprint density at radius 3 is 2.58 bits per heavy atom. The summed E-state index contributed by atoms with van der Waals surface area (Å²) in [5.41, 5.74) is 4.04. The fraction of sp³-hybridized carbons (Fsp3) is 0.448. The fourth-order valence-electron chi connectivity index (χ4n) is 5.40. The molecule has 3 aromatic rings. The monoisotopic (exact) mass is 487 g/mol. The van der Waals surface area contributed by atoms with Crippen LogP contribution in [0.5, 0.6) is 5.75 Å². The van der Waals surface area contributed by atoms with Gasteiger partial charge in [-0.15, -0.1) is 0 Å². The van der Waals surface area contributed by atoms with Gasteiger partial charge in [0.2, 0.25) is 5.91 Å². The third-order valence-electron chi connectivity index (χ3n) is 7.43. The quantitative estimate of drug-likeness (QED) is 0.488. The normalized spacial score (nSPS) is 22.4. The number of likely N-dealkylation sites (tertiary alicyclic amines) is 1. The highest BCUT2D eigenvalue weighted by Gasteiger charge is 2.28. The predicted octanol–water partition coefficient (Wildman–Crippen LogP) is 4.55. The van der Waals surface area contributed by atoms with Gasteiger partial charge >= 0.3 is 0 Å². The van der Waals surface area contributed by atoms with Crippen molar-refractivity contribution < 1.29 is 9.53 Å². The number of anilines is 1. The lowest BCUT2D eigenvalue weighted by Crippen LogP contribution is -2.31. The van der Waals surface area contributed by atoms with E-state index < -0.39 is 0 Å². The molecule has 7 nitrogen and oxygen atoms in total. The van der Waals surface area contributed by atoms with Crippen LogP contribution in [0.2, 0.25) is 0 Å². The number of aryl methyl sites for hydroxylation is 1. The Labute approximate surface area is 213 Å². The van der Waals surface area contributed by atoms with E-state index in [2.05, 4.69) is 32.7 Å². The molecule has 0 unspecified atom stereocenters. The van der Waals surface area contributed by atoms with Gasteiger partial charge in [0.1, 0.15) is 5.75 Å². The minimum absolute atomic E-state index is 0.0122. The number of hydrogen-bond donors (Lipinski definition) is 2. The molecule has 1 aliphatic carbocycles. The standard InChI is InChI=1S/C29H37N5O2/c1-21-17-34(20-31-21)26-15-22(18-33-13-12-24(19-33)30-2)14-25(16-26)32-29(35)23-8-10-28(11-9-23)36-27-6-4-3-5-7-27/h3-7,14-17,20,23-24,28,30H,8-13,18-19H2,1-2H3,(H,32,35)/t23-,24-,28-/m0/s1. The molecule has 1 aromatic heterocycles. The number of hydrogen-bond acceptors (Lipinski definition) is 5. The summed E-state index contributed by atoms with van der Waals surface area (Å²) in [5, 5.41) is 6.62. The number of para-hydroxylation sites is 1. The molecule has 2 aromatic carbocycles. The van der Waals surface area contributed by atoms with E-state index in [1.165, 1.54) is 5.56 Å². The summed E-state index contributed by atoms with van der Waals surface area (Å²) in [6, 6.07) is 16.9. The topological polar surface area (TPSA) is 71.4 Å². The number of nitrogens with zero attached hydrogens (tertiary/aromatic N) is 3. The summed E-state index contributed by atoms with van der Waals surface area (Å²) in [6.07, 6.45) is 8.68. The predicted molar refractivity (Wildman–Crippen MR) is 142 cm³/mol. The number of amides is 1. The molecule has 1 aliphatic heterocycles. The summed E-state index contributed by atoms with van der Waals surface area (Å²) in [6.45, 7) is 4.98. The summed E-state index contributed by atoms with van der Waals surface area (Å²) >= 11 is 0. The number of carbonyl (C=O) groups excluding carboxylic acids is 1. The van der Waals surface area contributed by atoms with E-state index in [0.717, 1.165) is 74.6 Å². The molecule has 2 N–H and O–H groups in total. The van der Waals surface area contributed by atoms with E-state index in [1.54, 1.807) is 0 Å². The zero-order chi connectivity index (χ0) is 24.9. The van der Waals surface area contributed by atoms with Crippen molar-refractivity contribution in [1.82, 2.24) is 19.8 Å². The summed E-state index contributed by atoms with van der Waals surface area (Å²) in [7, 11) is 2.03. The van der Waals surface area contributed by atoms with Crippen LogP contribution in [-0.4, -0.2) is 52.6 Å². The van der Waals surface area contributed by atoms with Gasteiger partial charge in [0.15, 0.2) is 0 Å². The highest BCUT2D eigenvalue weighted by atomic mass is 16.5. The zero-order valence-electron chi connectivity index (χ0n) is 21.3. The first-order chi connectivity index (χ1) is 17.6. The van der Waals surface area contributed by atoms with E-state index in [1.807, 2.05) is 67.5 Å². The molecule has 1 amide bonds. The van der Waals surface area contributed by atoms with E-state index in [-0.39, 0.29) is 17.9 Å². The Bertz CT molecular complexity index is 1150. The molecule has 5 rings (SSSR count). The van der Waals surface area contributed by atoms with E-state index in [9.17, 15) is 4.79 Å². The van der Waals surface area contributed by atoms with Crippen LogP contribution in [0.3, 0.4) is 0 Å². The molecule has 0 spiro atoms. The number of imidazole rings is 1. The summed E-state index contributed by atoms with van der Waals surface area (Å²) < 4.78 is 8.14. The van der Waals surface area contributed by atoms with Gasteiger partial charge in [0, 0.05) is 49.2 Å². The highest BCUT2D eigenvalue weighted by molar-refractivity contribution is 5.93. The summed E-state index contributed by atoms with van der Waals surface area (Å²) in [5.74, 6) is 1.02. The summed E-state index contributed by atoms with van der Waals surface area (Å²) in [4.78, 5) is 20.1. The lowest BCUT2D eigenvalue weighted by Gasteiger charge is -2.28. The molecule has 36 heavy (non-hydrogen) atoms. The van der Waals surface area contributed by atoms with Crippen LogP contribution >= 0.6 is 0 Å². The van der Waals surface area contributed by atoms with Crippen LogP contribution in [0.15, 0.2) is 61.1 Å². The van der Waals surface area contributed by atoms with Crippen LogP contribution < -0.4 is 15.4 Å². The number of benzene rings is 2. The van der Waals surface area contributed by atoms with Crippen molar-refractivity contribution in [3.8, 4) is 11.4 Å². The Kier molecular flexibility index (Phi) is 7.68. The van der Waals surface area contributed by atoms with Crippen molar-refractivity contribution in [3.05, 3.63) is 72.3 Å². The fourth-order valence-corrected chi connectivity index (χ4v) is 5.40. The maximum Gasteiger partial charge on any atom is 0.227 e. The van der Waals surface area contributed by atoms with Crippen molar-refractivity contribution in [1.29, 1.82) is 0 Å². The lowest BCUT2D eigenvalue weighted by molar-refractivity contribution is -0.121. The van der Waals surface area contributed by atoms with Crippen LogP contribution in [0.25, 0.3) is 5.69 Å². The Hall–Kier alpha value is -3.16. The average molecular weight is 488 g/mol. The second-order valence-electron chi connectivity index (χ2n) is 10.2. The van der Waals surface area contributed by atoms with Crippen molar-refractivity contribution in [3.63, 3.8) is 0 Å². The van der Waals surface area contributed by atoms with E-state index in [4.69, 9.17) is 4.74 Å². The van der Waals surface area contributed by atoms with Gasteiger partial charge in [-0.2, -0.15) is 0 Å². The number of rotatable bonds is 8. The van der Waals surface area contributed by atoms with Crippen molar-refractivity contribution in [2.75, 3.05) is 25.5 Å². The molecule has 1 saturated heterocycles. The first kappa shape index (κ1) is 24.5. The number of aromatic nitrogens is 2. The van der Waals surface area contributed by atoms with Crippen LogP contribution in [-0.2, 0) is 11.3 Å².